The highest BCUT2D eigenvalue weighted by atomic mass is 19.1. The van der Waals surface area contributed by atoms with E-state index in [0.29, 0.717) is 24.3 Å². The van der Waals surface area contributed by atoms with Gasteiger partial charge in [0, 0.05) is 25.2 Å². The molecule has 1 aliphatic rings. The first kappa shape index (κ1) is 10.9. The van der Waals surface area contributed by atoms with Crippen molar-refractivity contribution in [3.63, 3.8) is 0 Å². The highest BCUT2D eigenvalue weighted by Crippen LogP contribution is 2.24. The van der Waals surface area contributed by atoms with Gasteiger partial charge in [-0.2, -0.15) is 0 Å². The number of hydrogen-bond acceptors (Lipinski definition) is 2. The van der Waals surface area contributed by atoms with Crippen molar-refractivity contribution in [2.75, 3.05) is 18.0 Å². The fourth-order valence-electron chi connectivity index (χ4n) is 1.86. The van der Waals surface area contributed by atoms with Gasteiger partial charge in [-0.25, -0.2) is 9.18 Å². The lowest BCUT2D eigenvalue weighted by atomic mass is 10.1. The van der Waals surface area contributed by atoms with Gasteiger partial charge in [0.15, 0.2) is 0 Å². The predicted molar refractivity (Wildman–Crippen MR) is 59.7 cm³/mol. The van der Waals surface area contributed by atoms with Gasteiger partial charge in [-0.1, -0.05) is 6.07 Å². The van der Waals surface area contributed by atoms with E-state index < -0.39 is 0 Å². The van der Waals surface area contributed by atoms with Crippen LogP contribution in [0, 0.1) is 5.82 Å². The Morgan fingerprint density at radius 2 is 2.31 bits per heavy atom. The van der Waals surface area contributed by atoms with E-state index in [1.54, 1.807) is 12.1 Å². The van der Waals surface area contributed by atoms with E-state index in [9.17, 15) is 9.18 Å². The molecule has 16 heavy (non-hydrogen) atoms. The molecule has 0 unspecified atom stereocenters. The summed E-state index contributed by atoms with van der Waals surface area (Å²) in [5.74, 6) is -0.363. The monoisotopic (exact) mass is 223 g/mol. The summed E-state index contributed by atoms with van der Waals surface area (Å²) in [4.78, 5) is 13.2. The molecule has 0 radical (unpaired) electrons. The van der Waals surface area contributed by atoms with Crippen LogP contribution in [0.4, 0.5) is 14.9 Å². The molecule has 2 amide bonds. The molecular weight excluding hydrogens is 209 g/mol. The van der Waals surface area contributed by atoms with E-state index in [1.807, 2.05) is 0 Å². The van der Waals surface area contributed by atoms with Crippen molar-refractivity contribution in [2.45, 2.75) is 13.0 Å². The molecule has 86 valence electrons. The first-order valence-corrected chi connectivity index (χ1v) is 5.27. The molecule has 1 saturated heterocycles. The van der Waals surface area contributed by atoms with Crippen molar-refractivity contribution in [2.24, 2.45) is 5.73 Å². The van der Waals surface area contributed by atoms with E-state index in [4.69, 9.17) is 5.73 Å². The number of nitrogens with one attached hydrogen (secondary N) is 1. The van der Waals surface area contributed by atoms with Crippen LogP contribution < -0.4 is 16.0 Å². The Bertz CT molecular complexity index is 408. The van der Waals surface area contributed by atoms with Gasteiger partial charge in [0.1, 0.15) is 5.82 Å². The highest BCUT2D eigenvalue weighted by molar-refractivity contribution is 5.93. The van der Waals surface area contributed by atoms with Gasteiger partial charge < -0.3 is 11.1 Å². The van der Waals surface area contributed by atoms with Crippen molar-refractivity contribution < 1.29 is 9.18 Å². The zero-order valence-corrected chi connectivity index (χ0v) is 8.87. The Balaban J connectivity index is 2.38. The van der Waals surface area contributed by atoms with Crippen molar-refractivity contribution >= 4 is 11.7 Å². The number of urea groups is 1. The quantitative estimate of drug-likeness (QED) is 0.791. The molecule has 4 nitrogen and oxygen atoms in total. The largest absolute Gasteiger partial charge is 0.338 e. The first-order valence-electron chi connectivity index (χ1n) is 5.27. The van der Waals surface area contributed by atoms with E-state index >= 15 is 0 Å². The van der Waals surface area contributed by atoms with Crippen molar-refractivity contribution in [1.82, 2.24) is 5.32 Å². The van der Waals surface area contributed by atoms with Gasteiger partial charge in [-0.3, -0.25) is 4.90 Å². The van der Waals surface area contributed by atoms with Crippen LogP contribution in [0.15, 0.2) is 18.2 Å². The number of hydrogen-bond donors (Lipinski definition) is 2. The number of carbonyl (C=O) groups is 1. The molecule has 0 bridgehead atoms. The first-order chi connectivity index (χ1) is 7.74. The second kappa shape index (κ2) is 4.49. The lowest BCUT2D eigenvalue weighted by Gasteiger charge is -2.29. The molecule has 3 N–H and O–H groups in total. The fraction of sp³-hybridized carbons (Fsp3) is 0.364. The zero-order valence-electron chi connectivity index (χ0n) is 8.87. The molecule has 0 atom stereocenters. The van der Waals surface area contributed by atoms with Crippen molar-refractivity contribution in [1.29, 1.82) is 0 Å². The maximum Gasteiger partial charge on any atom is 0.321 e. The SMILES string of the molecule is NCc1c(F)cccc1N1CCCNC1=O. The average Bonchev–Trinajstić information content (AvgIpc) is 2.29. The van der Waals surface area contributed by atoms with Gasteiger partial charge in [-0.15, -0.1) is 0 Å². The lowest BCUT2D eigenvalue weighted by Crippen LogP contribution is -2.47. The minimum Gasteiger partial charge on any atom is -0.338 e. The molecule has 0 saturated carbocycles. The standard InChI is InChI=1S/C11H14FN3O/c12-9-3-1-4-10(8(9)7-13)15-6-2-5-14-11(15)16/h1,3-4H,2,5-7,13H2,(H,14,16). The van der Waals surface area contributed by atoms with Crippen molar-refractivity contribution in [3.8, 4) is 0 Å². The Morgan fingerprint density at radius 1 is 1.50 bits per heavy atom. The summed E-state index contributed by atoms with van der Waals surface area (Å²) in [6.07, 6.45) is 0.853. The smallest absolute Gasteiger partial charge is 0.321 e. The maximum absolute atomic E-state index is 13.5. The number of nitrogens with zero attached hydrogens (tertiary/aromatic N) is 1. The summed E-state index contributed by atoms with van der Waals surface area (Å²) in [6.45, 7) is 1.36. The number of amides is 2. The molecule has 1 aromatic rings. The summed E-state index contributed by atoms with van der Waals surface area (Å²) in [5, 5.41) is 2.73. The summed E-state index contributed by atoms with van der Waals surface area (Å²) in [6, 6.07) is 4.47. The second-order valence-electron chi connectivity index (χ2n) is 3.68. The number of nitrogens with two attached hydrogens (primary N) is 1. The van der Waals surface area contributed by atoms with E-state index in [0.717, 1.165) is 6.42 Å². The molecule has 2 rings (SSSR count). The van der Waals surface area contributed by atoms with Crippen LogP contribution in [0.2, 0.25) is 0 Å². The third-order valence-corrected chi connectivity index (χ3v) is 2.67. The van der Waals surface area contributed by atoms with Crippen LogP contribution in [0.1, 0.15) is 12.0 Å². The Kier molecular flexibility index (Phi) is 3.05. The van der Waals surface area contributed by atoms with E-state index in [2.05, 4.69) is 5.32 Å². The maximum atomic E-state index is 13.5. The summed E-state index contributed by atoms with van der Waals surface area (Å²) >= 11 is 0. The summed E-state index contributed by atoms with van der Waals surface area (Å²) in [5.41, 5.74) is 6.46. The Morgan fingerprint density at radius 3 is 3.00 bits per heavy atom. The summed E-state index contributed by atoms with van der Waals surface area (Å²) < 4.78 is 13.5. The third kappa shape index (κ3) is 1.86. The molecule has 0 spiro atoms. The number of anilines is 1. The van der Waals surface area contributed by atoms with Crippen LogP contribution in [0.5, 0.6) is 0 Å². The normalized spacial score (nSPS) is 16.1. The van der Waals surface area contributed by atoms with Crippen LogP contribution in [0.3, 0.4) is 0 Å². The predicted octanol–water partition coefficient (Wildman–Crippen LogP) is 1.20. The van der Waals surface area contributed by atoms with Gasteiger partial charge in [-0.05, 0) is 18.6 Å². The molecule has 5 heteroatoms. The van der Waals surface area contributed by atoms with Crippen LogP contribution >= 0.6 is 0 Å². The minimum absolute atomic E-state index is 0.0891. The van der Waals surface area contributed by atoms with Crippen LogP contribution in [-0.4, -0.2) is 19.1 Å². The second-order valence-corrected chi connectivity index (χ2v) is 3.68. The van der Waals surface area contributed by atoms with E-state index in [1.165, 1.54) is 11.0 Å². The van der Waals surface area contributed by atoms with Gasteiger partial charge in [0.25, 0.3) is 0 Å². The van der Waals surface area contributed by atoms with Crippen LogP contribution in [0.25, 0.3) is 0 Å². The molecule has 1 aromatic carbocycles. The third-order valence-electron chi connectivity index (χ3n) is 2.67. The Labute approximate surface area is 93.2 Å². The van der Waals surface area contributed by atoms with Crippen molar-refractivity contribution in [3.05, 3.63) is 29.6 Å². The number of carbonyl (C=O) groups excluding carboxylic acids is 1. The molecule has 1 heterocycles. The molecule has 0 aliphatic carbocycles. The molecule has 1 aliphatic heterocycles. The van der Waals surface area contributed by atoms with Crippen LogP contribution in [-0.2, 0) is 6.54 Å². The number of rotatable bonds is 2. The lowest BCUT2D eigenvalue weighted by molar-refractivity contribution is 0.243. The average molecular weight is 223 g/mol. The Hall–Kier alpha value is -1.62. The highest BCUT2D eigenvalue weighted by Gasteiger charge is 2.22. The molecule has 1 fully saturated rings. The van der Waals surface area contributed by atoms with Gasteiger partial charge in [0.05, 0.1) is 5.69 Å². The topological polar surface area (TPSA) is 58.4 Å². The van der Waals surface area contributed by atoms with Gasteiger partial charge in [0.2, 0.25) is 0 Å². The fourth-order valence-corrected chi connectivity index (χ4v) is 1.86. The number of benzene rings is 1. The molecular formula is C11H14FN3O. The number of halogens is 1. The zero-order chi connectivity index (χ0) is 11.5. The van der Waals surface area contributed by atoms with E-state index in [-0.39, 0.29) is 18.4 Å². The minimum atomic E-state index is -0.363. The summed E-state index contributed by atoms with van der Waals surface area (Å²) in [7, 11) is 0. The molecule has 0 aromatic heterocycles. The van der Waals surface area contributed by atoms with Gasteiger partial charge >= 0.3 is 6.03 Å².